The Hall–Kier alpha value is -1.79. The summed E-state index contributed by atoms with van der Waals surface area (Å²) >= 11 is 0. The lowest BCUT2D eigenvalue weighted by molar-refractivity contribution is -0.150. The number of amides is 2. The number of nitrogens with one attached hydrogen (secondary N) is 1. The molecule has 0 aromatic heterocycles. The number of carbonyl (C=O) groups is 3. The molecule has 128 valence electrons. The number of alkyl carbamates (subject to hydrolysis) is 1. The Balaban J connectivity index is 4.78. The zero-order valence-corrected chi connectivity index (χ0v) is 14.5. The van der Waals surface area contributed by atoms with Crippen molar-refractivity contribution >= 4 is 18.0 Å². The highest BCUT2D eigenvalue weighted by molar-refractivity contribution is 5.88. The lowest BCUT2D eigenvalue weighted by Crippen LogP contribution is -2.52. The number of hydrogen-bond donors (Lipinski definition) is 2. The molecule has 0 aromatic carbocycles. The van der Waals surface area contributed by atoms with E-state index in [4.69, 9.17) is 4.74 Å². The van der Waals surface area contributed by atoms with E-state index in [1.165, 1.54) is 14.0 Å². The number of aliphatic carboxylic acids is 1. The van der Waals surface area contributed by atoms with E-state index in [-0.39, 0.29) is 5.92 Å². The van der Waals surface area contributed by atoms with Crippen molar-refractivity contribution in [2.75, 3.05) is 7.05 Å². The van der Waals surface area contributed by atoms with Crippen molar-refractivity contribution in [2.45, 2.75) is 65.6 Å². The zero-order valence-electron chi connectivity index (χ0n) is 14.5. The van der Waals surface area contributed by atoms with Gasteiger partial charge in [0.25, 0.3) is 0 Å². The van der Waals surface area contributed by atoms with Crippen LogP contribution < -0.4 is 5.32 Å². The molecule has 7 heteroatoms. The fraction of sp³-hybridized carbons (Fsp3) is 0.800. The Labute approximate surface area is 132 Å². The van der Waals surface area contributed by atoms with E-state index in [1.807, 2.05) is 13.8 Å². The molecule has 0 saturated carbocycles. The van der Waals surface area contributed by atoms with E-state index in [1.54, 1.807) is 20.8 Å². The van der Waals surface area contributed by atoms with E-state index in [0.29, 0.717) is 6.42 Å². The summed E-state index contributed by atoms with van der Waals surface area (Å²) in [6, 6.07) is -1.79. The van der Waals surface area contributed by atoms with Gasteiger partial charge in [-0.05, 0) is 40.0 Å². The first-order valence-corrected chi connectivity index (χ1v) is 7.34. The summed E-state index contributed by atoms with van der Waals surface area (Å²) in [5, 5.41) is 11.7. The van der Waals surface area contributed by atoms with Crippen molar-refractivity contribution < 1.29 is 24.2 Å². The fourth-order valence-corrected chi connectivity index (χ4v) is 1.88. The SMILES string of the molecule is CC(C)C[C@@H](C(=O)O)N(C)C(=O)[C@@H](C)NC(=O)OC(C)(C)C. The predicted octanol–water partition coefficient (Wildman–Crippen LogP) is 1.86. The van der Waals surface area contributed by atoms with Crippen LogP contribution in [0.4, 0.5) is 4.79 Å². The Morgan fingerprint density at radius 1 is 1.18 bits per heavy atom. The van der Waals surface area contributed by atoms with Gasteiger partial charge in [-0.3, -0.25) is 4.79 Å². The van der Waals surface area contributed by atoms with Gasteiger partial charge in [-0.2, -0.15) is 0 Å². The van der Waals surface area contributed by atoms with Gasteiger partial charge >= 0.3 is 12.1 Å². The lowest BCUT2D eigenvalue weighted by Gasteiger charge is -2.29. The Morgan fingerprint density at radius 2 is 1.68 bits per heavy atom. The van der Waals surface area contributed by atoms with Crippen LogP contribution in [0.25, 0.3) is 0 Å². The van der Waals surface area contributed by atoms with Crippen molar-refractivity contribution in [3.63, 3.8) is 0 Å². The molecule has 0 aliphatic carbocycles. The third-order valence-electron chi connectivity index (χ3n) is 2.90. The van der Waals surface area contributed by atoms with Crippen LogP contribution in [0.5, 0.6) is 0 Å². The highest BCUT2D eigenvalue weighted by Crippen LogP contribution is 2.12. The predicted molar refractivity (Wildman–Crippen MR) is 82.5 cm³/mol. The van der Waals surface area contributed by atoms with Gasteiger partial charge in [-0.1, -0.05) is 13.8 Å². The van der Waals surface area contributed by atoms with Gasteiger partial charge in [0.15, 0.2) is 0 Å². The molecule has 0 bridgehead atoms. The van der Waals surface area contributed by atoms with E-state index in [2.05, 4.69) is 5.32 Å². The number of carbonyl (C=O) groups excluding carboxylic acids is 2. The monoisotopic (exact) mass is 316 g/mol. The number of likely N-dealkylation sites (N-methyl/N-ethyl adjacent to an activating group) is 1. The van der Waals surface area contributed by atoms with Crippen LogP contribution in [-0.4, -0.2) is 52.7 Å². The van der Waals surface area contributed by atoms with Gasteiger partial charge in [0.2, 0.25) is 5.91 Å². The zero-order chi connectivity index (χ0) is 17.7. The molecule has 0 radical (unpaired) electrons. The summed E-state index contributed by atoms with van der Waals surface area (Å²) in [5.74, 6) is -1.40. The summed E-state index contributed by atoms with van der Waals surface area (Å²) in [6.07, 6.45) is -0.367. The van der Waals surface area contributed by atoms with Crippen molar-refractivity contribution in [3.05, 3.63) is 0 Å². The van der Waals surface area contributed by atoms with E-state index in [9.17, 15) is 19.5 Å². The molecule has 0 saturated heterocycles. The van der Waals surface area contributed by atoms with E-state index in [0.717, 1.165) is 4.90 Å². The second-order valence-corrected chi connectivity index (χ2v) is 6.80. The molecule has 0 aliphatic rings. The van der Waals surface area contributed by atoms with Gasteiger partial charge in [-0.25, -0.2) is 9.59 Å². The smallest absolute Gasteiger partial charge is 0.408 e. The number of carboxylic acid groups (broad SMARTS) is 1. The summed E-state index contributed by atoms with van der Waals surface area (Å²) in [4.78, 5) is 36.4. The van der Waals surface area contributed by atoms with Gasteiger partial charge < -0.3 is 20.1 Å². The molecule has 0 unspecified atom stereocenters. The van der Waals surface area contributed by atoms with Gasteiger partial charge in [-0.15, -0.1) is 0 Å². The number of hydrogen-bond acceptors (Lipinski definition) is 4. The largest absolute Gasteiger partial charge is 0.480 e. The van der Waals surface area contributed by atoms with Crippen LogP contribution in [0, 0.1) is 5.92 Å². The minimum absolute atomic E-state index is 0.130. The molecule has 0 aliphatic heterocycles. The molecule has 2 amide bonds. The van der Waals surface area contributed by atoms with Crippen LogP contribution in [0.1, 0.15) is 48.0 Å². The summed E-state index contributed by atoms with van der Waals surface area (Å²) < 4.78 is 5.07. The molecular weight excluding hydrogens is 288 g/mol. The minimum Gasteiger partial charge on any atom is -0.480 e. The molecule has 2 N–H and O–H groups in total. The first kappa shape index (κ1) is 20.2. The molecule has 7 nitrogen and oxygen atoms in total. The van der Waals surface area contributed by atoms with Crippen LogP contribution in [0.15, 0.2) is 0 Å². The average molecular weight is 316 g/mol. The normalized spacial score (nSPS) is 14.2. The number of rotatable bonds is 6. The second-order valence-electron chi connectivity index (χ2n) is 6.80. The third kappa shape index (κ3) is 7.28. The first-order valence-electron chi connectivity index (χ1n) is 7.34. The Kier molecular flexibility index (Phi) is 7.35. The van der Waals surface area contributed by atoms with Gasteiger partial charge in [0, 0.05) is 7.05 Å². The van der Waals surface area contributed by atoms with Crippen LogP contribution in [-0.2, 0) is 14.3 Å². The molecule has 2 atom stereocenters. The summed E-state index contributed by atoms with van der Waals surface area (Å²) in [6.45, 7) is 10.4. The van der Waals surface area contributed by atoms with Crippen molar-refractivity contribution in [1.82, 2.24) is 10.2 Å². The first-order chi connectivity index (χ1) is 9.85. The Morgan fingerprint density at radius 3 is 2.05 bits per heavy atom. The van der Waals surface area contributed by atoms with Gasteiger partial charge in [0.05, 0.1) is 0 Å². The average Bonchev–Trinajstić information content (AvgIpc) is 2.30. The second kappa shape index (κ2) is 8.00. The minimum atomic E-state index is -1.06. The van der Waals surface area contributed by atoms with E-state index >= 15 is 0 Å². The maximum atomic E-state index is 12.3. The molecule has 22 heavy (non-hydrogen) atoms. The number of carboxylic acids is 1. The van der Waals surface area contributed by atoms with Crippen LogP contribution in [0.2, 0.25) is 0 Å². The van der Waals surface area contributed by atoms with Crippen LogP contribution in [0.3, 0.4) is 0 Å². The fourth-order valence-electron chi connectivity index (χ4n) is 1.88. The summed E-state index contributed by atoms with van der Waals surface area (Å²) in [5.41, 5.74) is -0.667. The third-order valence-corrected chi connectivity index (χ3v) is 2.90. The maximum absolute atomic E-state index is 12.3. The topological polar surface area (TPSA) is 95.9 Å². The molecule has 0 rings (SSSR count). The maximum Gasteiger partial charge on any atom is 0.408 e. The molecule has 0 spiro atoms. The molecule has 0 fully saturated rings. The summed E-state index contributed by atoms with van der Waals surface area (Å²) in [7, 11) is 1.43. The van der Waals surface area contributed by atoms with Gasteiger partial charge in [0.1, 0.15) is 17.7 Å². The molecule has 0 heterocycles. The number of nitrogens with zero attached hydrogens (tertiary/aromatic N) is 1. The standard InChI is InChI=1S/C15H28N2O5/c1-9(2)8-11(13(19)20)17(7)12(18)10(3)16-14(21)22-15(4,5)6/h9-11H,8H2,1-7H3,(H,16,21)(H,19,20)/t10-,11+/m1/s1. The Bertz CT molecular complexity index is 415. The quantitative estimate of drug-likeness (QED) is 0.779. The van der Waals surface area contributed by atoms with Crippen LogP contribution >= 0.6 is 0 Å². The number of ether oxygens (including phenoxy) is 1. The van der Waals surface area contributed by atoms with Crippen molar-refractivity contribution in [3.8, 4) is 0 Å². The molecular formula is C15H28N2O5. The van der Waals surface area contributed by atoms with Crippen molar-refractivity contribution in [1.29, 1.82) is 0 Å². The van der Waals surface area contributed by atoms with E-state index < -0.39 is 35.7 Å². The highest BCUT2D eigenvalue weighted by atomic mass is 16.6. The lowest BCUT2D eigenvalue weighted by atomic mass is 10.0. The highest BCUT2D eigenvalue weighted by Gasteiger charge is 2.31. The van der Waals surface area contributed by atoms with Crippen molar-refractivity contribution in [2.24, 2.45) is 5.92 Å². The molecule has 0 aromatic rings.